The van der Waals surface area contributed by atoms with E-state index in [2.05, 4.69) is 10.6 Å². The van der Waals surface area contributed by atoms with E-state index < -0.39 is 5.91 Å². The van der Waals surface area contributed by atoms with E-state index in [0.29, 0.717) is 27.7 Å². The molecule has 3 aromatic rings. The molecular weight excluding hydrogens is 426 g/mol. The number of hydrogen-bond donors (Lipinski definition) is 2. The molecule has 0 radical (unpaired) electrons. The van der Waals surface area contributed by atoms with Crippen molar-refractivity contribution in [2.45, 2.75) is 6.92 Å². The fraction of sp³-hybridized carbons (Fsp3) is 0.0800. The van der Waals surface area contributed by atoms with Crippen LogP contribution < -0.4 is 15.4 Å². The molecule has 0 saturated heterocycles. The molecule has 0 aliphatic carbocycles. The second-order valence-electron chi connectivity index (χ2n) is 6.88. The zero-order valence-electron chi connectivity index (χ0n) is 17.3. The Labute approximate surface area is 191 Å². The maximum absolute atomic E-state index is 12.6. The molecule has 160 valence electrons. The summed E-state index contributed by atoms with van der Waals surface area (Å²) in [5.41, 5.74) is 2.48. The smallest absolute Gasteiger partial charge is 0.266 e. The van der Waals surface area contributed by atoms with Gasteiger partial charge >= 0.3 is 0 Å². The number of amides is 2. The second-order valence-corrected chi connectivity index (χ2v) is 7.31. The highest BCUT2D eigenvalue weighted by atomic mass is 35.5. The SMILES string of the molecule is Cc1cccc(NC(=O)/C(C#N)=C/c2cc(Cl)ccc2OCC(=O)Nc2ccccc2)c1. The molecule has 0 saturated carbocycles. The highest BCUT2D eigenvalue weighted by molar-refractivity contribution is 6.30. The van der Waals surface area contributed by atoms with Gasteiger partial charge in [-0.05, 0) is 61.0 Å². The Morgan fingerprint density at radius 1 is 1.00 bits per heavy atom. The van der Waals surface area contributed by atoms with Gasteiger partial charge in [0.05, 0.1) is 0 Å². The Balaban J connectivity index is 1.75. The van der Waals surface area contributed by atoms with Gasteiger partial charge in [-0.3, -0.25) is 9.59 Å². The van der Waals surface area contributed by atoms with E-state index in [4.69, 9.17) is 16.3 Å². The Hall–Kier alpha value is -4.08. The Kier molecular flexibility index (Phi) is 7.63. The molecule has 2 amide bonds. The van der Waals surface area contributed by atoms with Crippen LogP contribution in [0.1, 0.15) is 11.1 Å². The van der Waals surface area contributed by atoms with Crippen molar-refractivity contribution in [2.24, 2.45) is 0 Å². The minimum Gasteiger partial charge on any atom is -0.483 e. The third-order valence-electron chi connectivity index (χ3n) is 4.33. The lowest BCUT2D eigenvalue weighted by Crippen LogP contribution is -2.20. The number of nitriles is 1. The zero-order chi connectivity index (χ0) is 22.9. The fourth-order valence-corrected chi connectivity index (χ4v) is 3.03. The Morgan fingerprint density at radius 3 is 2.47 bits per heavy atom. The molecule has 0 unspecified atom stereocenters. The van der Waals surface area contributed by atoms with Gasteiger partial charge in [0.2, 0.25) is 0 Å². The molecule has 0 aliphatic heterocycles. The average molecular weight is 446 g/mol. The molecular formula is C25H20ClN3O3. The maximum atomic E-state index is 12.6. The number of anilines is 2. The van der Waals surface area contributed by atoms with Gasteiger partial charge in [-0.1, -0.05) is 41.9 Å². The van der Waals surface area contributed by atoms with Crippen molar-refractivity contribution in [2.75, 3.05) is 17.2 Å². The first-order valence-electron chi connectivity index (χ1n) is 9.71. The topological polar surface area (TPSA) is 91.2 Å². The van der Waals surface area contributed by atoms with Gasteiger partial charge < -0.3 is 15.4 Å². The van der Waals surface area contributed by atoms with E-state index in [-0.39, 0.29) is 18.1 Å². The molecule has 6 nitrogen and oxygen atoms in total. The number of carbonyl (C=O) groups is 2. The highest BCUT2D eigenvalue weighted by Gasteiger charge is 2.13. The van der Waals surface area contributed by atoms with E-state index in [1.165, 1.54) is 6.08 Å². The molecule has 3 rings (SSSR count). The Bertz CT molecular complexity index is 1200. The largest absolute Gasteiger partial charge is 0.483 e. The molecule has 32 heavy (non-hydrogen) atoms. The highest BCUT2D eigenvalue weighted by Crippen LogP contribution is 2.26. The summed E-state index contributed by atoms with van der Waals surface area (Å²) in [6.45, 7) is 1.65. The molecule has 0 aromatic heterocycles. The summed E-state index contributed by atoms with van der Waals surface area (Å²) in [7, 11) is 0. The van der Waals surface area contributed by atoms with Crippen LogP contribution >= 0.6 is 11.6 Å². The van der Waals surface area contributed by atoms with Crippen molar-refractivity contribution in [1.82, 2.24) is 0 Å². The number of aryl methyl sites for hydroxylation is 1. The molecule has 0 atom stereocenters. The second kappa shape index (κ2) is 10.8. The van der Waals surface area contributed by atoms with Crippen molar-refractivity contribution in [1.29, 1.82) is 5.26 Å². The lowest BCUT2D eigenvalue weighted by Gasteiger charge is -2.11. The summed E-state index contributed by atoms with van der Waals surface area (Å²) < 4.78 is 5.63. The van der Waals surface area contributed by atoms with E-state index in [1.54, 1.807) is 42.5 Å². The van der Waals surface area contributed by atoms with E-state index in [9.17, 15) is 14.9 Å². The van der Waals surface area contributed by atoms with Crippen LogP contribution in [0.15, 0.2) is 78.4 Å². The first kappa shape index (κ1) is 22.6. The zero-order valence-corrected chi connectivity index (χ0v) is 18.0. The van der Waals surface area contributed by atoms with Crippen LogP contribution in [0.3, 0.4) is 0 Å². The monoisotopic (exact) mass is 445 g/mol. The predicted octanol–water partition coefficient (Wildman–Crippen LogP) is 5.21. The van der Waals surface area contributed by atoms with Crippen molar-refractivity contribution in [3.05, 3.63) is 94.5 Å². The van der Waals surface area contributed by atoms with Crippen LogP contribution in [-0.2, 0) is 9.59 Å². The third kappa shape index (κ3) is 6.46. The van der Waals surface area contributed by atoms with Gasteiger partial charge in [-0.2, -0.15) is 5.26 Å². The van der Waals surface area contributed by atoms with Gasteiger partial charge in [0.1, 0.15) is 17.4 Å². The number of hydrogen-bond acceptors (Lipinski definition) is 4. The Morgan fingerprint density at radius 2 is 1.75 bits per heavy atom. The van der Waals surface area contributed by atoms with Crippen LogP contribution in [-0.4, -0.2) is 18.4 Å². The number of ether oxygens (including phenoxy) is 1. The maximum Gasteiger partial charge on any atom is 0.266 e. The van der Waals surface area contributed by atoms with Gasteiger partial charge in [0.25, 0.3) is 11.8 Å². The fourth-order valence-electron chi connectivity index (χ4n) is 2.85. The summed E-state index contributed by atoms with van der Waals surface area (Å²) in [5, 5.41) is 15.3. The number of nitrogens with zero attached hydrogens (tertiary/aromatic N) is 1. The number of nitrogens with one attached hydrogen (secondary N) is 2. The minimum atomic E-state index is -0.564. The first-order chi connectivity index (χ1) is 15.4. The molecule has 7 heteroatoms. The van der Waals surface area contributed by atoms with Gasteiger partial charge in [-0.25, -0.2) is 0 Å². The third-order valence-corrected chi connectivity index (χ3v) is 4.56. The summed E-state index contributed by atoms with van der Waals surface area (Å²) >= 11 is 6.09. The molecule has 0 heterocycles. The van der Waals surface area contributed by atoms with Gasteiger partial charge in [-0.15, -0.1) is 0 Å². The molecule has 0 spiro atoms. The molecule has 0 fully saturated rings. The number of halogens is 1. The van der Waals surface area contributed by atoms with Crippen molar-refractivity contribution < 1.29 is 14.3 Å². The average Bonchev–Trinajstić information content (AvgIpc) is 2.77. The molecule has 0 aliphatic rings. The molecule has 0 bridgehead atoms. The predicted molar refractivity (Wildman–Crippen MR) is 125 cm³/mol. The van der Waals surface area contributed by atoms with Crippen molar-refractivity contribution >= 4 is 40.9 Å². The van der Waals surface area contributed by atoms with Crippen LogP contribution in [0.25, 0.3) is 6.08 Å². The number of rotatable bonds is 7. The lowest BCUT2D eigenvalue weighted by molar-refractivity contribution is -0.118. The minimum absolute atomic E-state index is 0.132. The standard InChI is InChI=1S/C25H20ClN3O3/c1-17-6-5-9-22(12-17)29-25(31)19(15-27)13-18-14-20(26)10-11-23(18)32-16-24(30)28-21-7-3-2-4-8-21/h2-14H,16H2,1H3,(H,28,30)(H,29,31)/b19-13+. The van der Waals surface area contributed by atoms with Crippen LogP contribution in [0.4, 0.5) is 11.4 Å². The van der Waals surface area contributed by atoms with Gasteiger partial charge in [0, 0.05) is 22.0 Å². The van der Waals surface area contributed by atoms with Crippen LogP contribution in [0.5, 0.6) is 5.75 Å². The van der Waals surface area contributed by atoms with E-state index >= 15 is 0 Å². The van der Waals surface area contributed by atoms with E-state index in [0.717, 1.165) is 5.56 Å². The summed E-state index contributed by atoms with van der Waals surface area (Å²) in [4.78, 5) is 24.8. The summed E-state index contributed by atoms with van der Waals surface area (Å²) in [5.74, 6) is -0.599. The quantitative estimate of drug-likeness (QED) is 0.385. The van der Waals surface area contributed by atoms with Crippen LogP contribution in [0.2, 0.25) is 5.02 Å². The molecule has 2 N–H and O–H groups in total. The summed E-state index contributed by atoms with van der Waals surface area (Å²) in [6, 6.07) is 22.9. The van der Waals surface area contributed by atoms with Gasteiger partial charge in [0.15, 0.2) is 6.61 Å². The van der Waals surface area contributed by atoms with Crippen LogP contribution in [0, 0.1) is 18.3 Å². The number of para-hydroxylation sites is 1. The number of benzene rings is 3. The van der Waals surface area contributed by atoms with Crippen molar-refractivity contribution in [3.8, 4) is 11.8 Å². The first-order valence-corrected chi connectivity index (χ1v) is 10.1. The van der Waals surface area contributed by atoms with Crippen molar-refractivity contribution in [3.63, 3.8) is 0 Å². The van der Waals surface area contributed by atoms with E-state index in [1.807, 2.05) is 43.3 Å². The lowest BCUT2D eigenvalue weighted by atomic mass is 10.1. The number of carbonyl (C=O) groups excluding carboxylic acids is 2. The molecule has 3 aromatic carbocycles. The summed E-state index contributed by atoms with van der Waals surface area (Å²) in [6.07, 6.45) is 1.38. The normalized spacial score (nSPS) is 10.7.